The Balaban J connectivity index is 1.80. The van der Waals surface area contributed by atoms with Crippen molar-refractivity contribution in [2.24, 2.45) is 0 Å². The molecule has 0 radical (unpaired) electrons. The molecule has 2 amide bonds. The van der Waals surface area contributed by atoms with Gasteiger partial charge in [-0.2, -0.15) is 0 Å². The molecule has 0 bridgehead atoms. The van der Waals surface area contributed by atoms with Gasteiger partial charge in [-0.15, -0.1) is 0 Å². The van der Waals surface area contributed by atoms with Crippen LogP contribution in [0.4, 0.5) is 5.69 Å². The highest BCUT2D eigenvalue weighted by atomic mass is 16.2. The van der Waals surface area contributed by atoms with Crippen molar-refractivity contribution in [1.82, 2.24) is 15.6 Å². The van der Waals surface area contributed by atoms with Gasteiger partial charge in [-0.05, 0) is 37.1 Å². The predicted octanol–water partition coefficient (Wildman–Crippen LogP) is 3.34. The minimum absolute atomic E-state index is 0.0812. The molecule has 0 aliphatic carbocycles. The van der Waals surface area contributed by atoms with Crippen LogP contribution in [0, 0.1) is 0 Å². The summed E-state index contributed by atoms with van der Waals surface area (Å²) in [5, 5.41) is 8.95. The molecule has 0 fully saturated rings. The van der Waals surface area contributed by atoms with Crippen molar-refractivity contribution in [3.63, 3.8) is 0 Å². The van der Waals surface area contributed by atoms with Crippen molar-refractivity contribution in [1.29, 1.82) is 0 Å². The summed E-state index contributed by atoms with van der Waals surface area (Å²) in [5.41, 5.74) is 1.40. The van der Waals surface area contributed by atoms with Gasteiger partial charge < -0.3 is 16.0 Å². The molecule has 3 N–H and O–H groups in total. The number of benzene rings is 1. The molecular weight excluding hydrogens is 392 g/mol. The van der Waals surface area contributed by atoms with Crippen molar-refractivity contribution in [3.8, 4) is 0 Å². The molecule has 166 valence electrons. The number of anilines is 1. The molecule has 0 saturated heterocycles. The number of Topliss-reactive ketones (excluding diaryl/α,β-unsaturated/α-hetero) is 1. The van der Waals surface area contributed by atoms with Gasteiger partial charge in [-0.25, -0.2) is 0 Å². The quantitative estimate of drug-likeness (QED) is 0.404. The topological polar surface area (TPSA) is 100 Å². The Morgan fingerprint density at radius 1 is 1.00 bits per heavy atom. The van der Waals surface area contributed by atoms with Crippen LogP contribution in [-0.4, -0.2) is 41.7 Å². The van der Waals surface area contributed by atoms with Crippen LogP contribution in [0.5, 0.6) is 0 Å². The highest BCUT2D eigenvalue weighted by Gasteiger charge is 2.14. The molecule has 1 heterocycles. The van der Waals surface area contributed by atoms with E-state index in [0.29, 0.717) is 24.9 Å². The normalized spacial score (nSPS) is 11.4. The number of hydrogen-bond acceptors (Lipinski definition) is 5. The molecule has 1 atom stereocenters. The molecule has 7 nitrogen and oxygen atoms in total. The molecule has 2 aromatic rings. The predicted molar refractivity (Wildman–Crippen MR) is 122 cm³/mol. The van der Waals surface area contributed by atoms with E-state index in [1.165, 1.54) is 0 Å². The second kappa shape index (κ2) is 13.9. The zero-order valence-electron chi connectivity index (χ0n) is 18.1. The van der Waals surface area contributed by atoms with E-state index in [0.717, 1.165) is 31.4 Å². The summed E-state index contributed by atoms with van der Waals surface area (Å²) in [4.78, 5) is 40.1. The second-order valence-corrected chi connectivity index (χ2v) is 7.43. The molecule has 1 unspecified atom stereocenters. The molecule has 1 aromatic carbocycles. The van der Waals surface area contributed by atoms with Crippen LogP contribution in [0.1, 0.15) is 55.8 Å². The molecular formula is C24H32N4O3. The fourth-order valence-corrected chi connectivity index (χ4v) is 3.13. The second-order valence-electron chi connectivity index (χ2n) is 7.43. The van der Waals surface area contributed by atoms with Gasteiger partial charge in [0, 0.05) is 43.4 Å². The Hall–Kier alpha value is -3.22. The van der Waals surface area contributed by atoms with Crippen molar-refractivity contribution < 1.29 is 14.4 Å². The first-order chi connectivity index (χ1) is 15.1. The third kappa shape index (κ3) is 9.89. The lowest BCUT2D eigenvalue weighted by atomic mass is 10.0. The number of unbranched alkanes of at least 4 members (excludes halogenated alkanes) is 2. The highest BCUT2D eigenvalue weighted by Crippen LogP contribution is 2.09. The monoisotopic (exact) mass is 424 g/mol. The van der Waals surface area contributed by atoms with Crippen molar-refractivity contribution >= 4 is 23.3 Å². The molecule has 0 aliphatic rings. The van der Waals surface area contributed by atoms with Gasteiger partial charge in [0.15, 0.2) is 0 Å². The summed E-state index contributed by atoms with van der Waals surface area (Å²) < 4.78 is 0. The number of pyridine rings is 1. The first-order valence-electron chi connectivity index (χ1n) is 10.9. The van der Waals surface area contributed by atoms with Crippen molar-refractivity contribution in [2.45, 2.75) is 51.5 Å². The molecule has 0 saturated carbocycles. The van der Waals surface area contributed by atoms with E-state index in [2.05, 4.69) is 20.9 Å². The molecule has 0 aliphatic heterocycles. The Bertz CT molecular complexity index is 812. The fourth-order valence-electron chi connectivity index (χ4n) is 3.13. The Morgan fingerprint density at radius 2 is 1.81 bits per heavy atom. The van der Waals surface area contributed by atoms with Gasteiger partial charge in [0.25, 0.3) is 5.91 Å². The van der Waals surface area contributed by atoms with E-state index in [1.54, 1.807) is 36.7 Å². The molecule has 7 heteroatoms. The Labute approximate surface area is 184 Å². The van der Waals surface area contributed by atoms with Gasteiger partial charge in [0.05, 0.1) is 12.2 Å². The van der Waals surface area contributed by atoms with E-state index in [9.17, 15) is 14.4 Å². The number of carbonyl (C=O) groups is 3. The van der Waals surface area contributed by atoms with Crippen LogP contribution in [0.2, 0.25) is 0 Å². The van der Waals surface area contributed by atoms with Gasteiger partial charge in [0.1, 0.15) is 5.78 Å². The lowest BCUT2D eigenvalue weighted by molar-refractivity contribution is -0.121. The first kappa shape index (κ1) is 24.1. The minimum Gasteiger partial charge on any atom is -0.382 e. The first-order valence-corrected chi connectivity index (χ1v) is 10.9. The van der Waals surface area contributed by atoms with Crippen molar-refractivity contribution in [3.05, 3.63) is 60.4 Å². The van der Waals surface area contributed by atoms with E-state index in [4.69, 9.17) is 0 Å². The summed E-state index contributed by atoms with van der Waals surface area (Å²) in [6.45, 7) is 2.36. The smallest absolute Gasteiger partial charge is 0.251 e. The zero-order chi connectivity index (χ0) is 22.3. The summed E-state index contributed by atoms with van der Waals surface area (Å²) >= 11 is 0. The van der Waals surface area contributed by atoms with Crippen LogP contribution in [0.25, 0.3) is 0 Å². The fraction of sp³-hybridized carbons (Fsp3) is 0.417. The maximum Gasteiger partial charge on any atom is 0.251 e. The number of nitrogens with one attached hydrogen (secondary N) is 3. The maximum absolute atomic E-state index is 12.4. The van der Waals surface area contributed by atoms with Crippen LogP contribution < -0.4 is 16.0 Å². The lowest BCUT2D eigenvalue weighted by Crippen LogP contribution is -2.44. The Morgan fingerprint density at radius 3 is 2.52 bits per heavy atom. The van der Waals surface area contributed by atoms with Crippen LogP contribution in [0.3, 0.4) is 0 Å². The summed E-state index contributed by atoms with van der Waals surface area (Å²) in [6.07, 6.45) is 8.15. The van der Waals surface area contributed by atoms with Crippen LogP contribution in [0.15, 0.2) is 54.9 Å². The van der Waals surface area contributed by atoms with Gasteiger partial charge in [0.2, 0.25) is 5.91 Å². The minimum atomic E-state index is -0.277. The number of nitrogens with zero attached hydrogens (tertiary/aromatic N) is 1. The lowest BCUT2D eigenvalue weighted by Gasteiger charge is -2.20. The van der Waals surface area contributed by atoms with Gasteiger partial charge in [-0.1, -0.05) is 38.0 Å². The van der Waals surface area contributed by atoms with E-state index in [-0.39, 0.29) is 30.2 Å². The average molecular weight is 425 g/mol. The number of carbonyl (C=O) groups excluding carboxylic acids is 3. The molecule has 31 heavy (non-hydrogen) atoms. The van der Waals surface area contributed by atoms with E-state index >= 15 is 0 Å². The van der Waals surface area contributed by atoms with E-state index in [1.807, 2.05) is 25.1 Å². The van der Waals surface area contributed by atoms with Gasteiger partial charge in [-0.3, -0.25) is 19.4 Å². The standard InChI is InChI=1S/C24H32N4O3/c1-2-22(29)14-8-4-7-12-21(17-26-20-13-9-15-25-16-20)28-23(30)18-27-24(31)19-10-5-3-6-11-19/h3,5-6,9-11,13,15-16,21,26H,2,4,7-8,12,14,17-18H2,1H3,(H,27,31)(H,28,30). The van der Waals surface area contributed by atoms with E-state index < -0.39 is 0 Å². The number of ketones is 1. The average Bonchev–Trinajstić information content (AvgIpc) is 2.81. The van der Waals surface area contributed by atoms with Gasteiger partial charge >= 0.3 is 0 Å². The third-order valence-electron chi connectivity index (χ3n) is 4.93. The largest absolute Gasteiger partial charge is 0.382 e. The number of rotatable bonds is 14. The highest BCUT2D eigenvalue weighted by molar-refractivity contribution is 5.96. The molecule has 2 rings (SSSR count). The number of aromatic nitrogens is 1. The van der Waals surface area contributed by atoms with Crippen LogP contribution in [-0.2, 0) is 9.59 Å². The van der Waals surface area contributed by atoms with Crippen LogP contribution >= 0.6 is 0 Å². The molecule has 1 aromatic heterocycles. The SMILES string of the molecule is CCC(=O)CCCCCC(CNc1cccnc1)NC(=O)CNC(=O)c1ccccc1. The van der Waals surface area contributed by atoms with Crippen molar-refractivity contribution in [2.75, 3.05) is 18.4 Å². The number of amides is 2. The Kier molecular flexibility index (Phi) is 10.8. The maximum atomic E-state index is 12.4. The third-order valence-corrected chi connectivity index (χ3v) is 4.93. The number of hydrogen-bond donors (Lipinski definition) is 3. The zero-order valence-corrected chi connectivity index (χ0v) is 18.1. The molecule has 0 spiro atoms. The summed E-state index contributed by atoms with van der Waals surface area (Å²) in [7, 11) is 0. The summed E-state index contributed by atoms with van der Waals surface area (Å²) in [6, 6.07) is 12.5. The summed E-state index contributed by atoms with van der Waals surface area (Å²) in [5.74, 6) is -0.220.